The van der Waals surface area contributed by atoms with E-state index in [4.69, 9.17) is 9.84 Å². The second-order valence-corrected chi connectivity index (χ2v) is 7.68. The van der Waals surface area contributed by atoms with Gasteiger partial charge in [-0.05, 0) is 74.2 Å². The summed E-state index contributed by atoms with van der Waals surface area (Å²) in [7, 11) is 0. The normalized spacial score (nSPS) is 15.0. The summed E-state index contributed by atoms with van der Waals surface area (Å²) < 4.78 is 19.7. The number of anilines is 1. The SMILES string of the molecule is Cc1cc(-c2ccc(NC(C)C)cc2F)c(C)cc1/C=C1\OC(=O)N(CC(=O)O)C1=O. The first-order valence-electron chi connectivity index (χ1n) is 9.71. The number of carbonyl (C=O) groups is 3. The molecule has 0 radical (unpaired) electrons. The molecule has 2 aromatic rings. The second kappa shape index (κ2) is 8.59. The summed E-state index contributed by atoms with van der Waals surface area (Å²) in [5.41, 5.74) is 3.95. The van der Waals surface area contributed by atoms with Crippen LogP contribution >= 0.6 is 0 Å². The number of aryl methyl sites for hydroxylation is 2. The van der Waals surface area contributed by atoms with E-state index in [-0.39, 0.29) is 17.6 Å². The molecule has 2 N–H and O–H groups in total. The quantitative estimate of drug-likeness (QED) is 0.668. The van der Waals surface area contributed by atoms with Crippen molar-refractivity contribution in [3.63, 3.8) is 0 Å². The average molecular weight is 426 g/mol. The molecule has 1 aliphatic rings. The zero-order valence-electron chi connectivity index (χ0n) is 17.7. The van der Waals surface area contributed by atoms with Gasteiger partial charge in [0.1, 0.15) is 12.4 Å². The van der Waals surface area contributed by atoms with Gasteiger partial charge in [0.2, 0.25) is 0 Å². The third-order valence-corrected chi connectivity index (χ3v) is 4.78. The minimum atomic E-state index is -1.32. The Morgan fingerprint density at radius 1 is 1.16 bits per heavy atom. The number of nitrogens with zero attached hydrogens (tertiary/aromatic N) is 1. The molecule has 31 heavy (non-hydrogen) atoms. The molecule has 0 aliphatic carbocycles. The maximum Gasteiger partial charge on any atom is 0.423 e. The largest absolute Gasteiger partial charge is 0.480 e. The predicted octanol–water partition coefficient (Wildman–Crippen LogP) is 4.33. The minimum absolute atomic E-state index is 0.181. The van der Waals surface area contributed by atoms with Gasteiger partial charge in [0.25, 0.3) is 5.91 Å². The molecule has 0 unspecified atom stereocenters. The molecule has 1 fully saturated rings. The van der Waals surface area contributed by atoms with E-state index >= 15 is 0 Å². The summed E-state index contributed by atoms with van der Waals surface area (Å²) >= 11 is 0. The molecule has 3 rings (SSSR count). The van der Waals surface area contributed by atoms with Gasteiger partial charge < -0.3 is 15.2 Å². The molecule has 7 nitrogen and oxygen atoms in total. The standard InChI is InChI=1S/C23H23FN2O5/c1-12(2)25-16-5-6-17(19(24)10-16)18-8-13(3)15(7-14(18)4)9-20-22(29)26(11-21(27)28)23(30)31-20/h5-10,12,25H,11H2,1-4H3,(H,27,28)/b20-9-. The lowest BCUT2D eigenvalue weighted by Crippen LogP contribution is -2.33. The van der Waals surface area contributed by atoms with Crippen LogP contribution in [0.1, 0.15) is 30.5 Å². The molecular formula is C23H23FN2O5. The number of carboxylic acids is 1. The van der Waals surface area contributed by atoms with Gasteiger partial charge >= 0.3 is 12.1 Å². The molecule has 0 bridgehead atoms. The number of carboxylic acid groups (broad SMARTS) is 1. The smallest absolute Gasteiger partial charge is 0.423 e. The molecule has 8 heteroatoms. The third kappa shape index (κ3) is 4.74. The topological polar surface area (TPSA) is 95.9 Å². The lowest BCUT2D eigenvalue weighted by Gasteiger charge is -2.14. The van der Waals surface area contributed by atoms with Crippen molar-refractivity contribution in [2.75, 3.05) is 11.9 Å². The van der Waals surface area contributed by atoms with Crippen molar-refractivity contribution in [3.05, 3.63) is 58.6 Å². The Morgan fingerprint density at radius 2 is 1.87 bits per heavy atom. The Hall–Kier alpha value is -3.68. The highest BCUT2D eigenvalue weighted by Gasteiger charge is 2.37. The van der Waals surface area contributed by atoms with Crippen LogP contribution in [-0.2, 0) is 14.3 Å². The van der Waals surface area contributed by atoms with Crippen molar-refractivity contribution in [2.24, 2.45) is 0 Å². The van der Waals surface area contributed by atoms with Gasteiger partial charge in [0.05, 0.1) is 0 Å². The molecule has 2 amide bonds. The van der Waals surface area contributed by atoms with Crippen LogP contribution in [0.25, 0.3) is 17.2 Å². The number of hydrogen-bond acceptors (Lipinski definition) is 5. The number of hydrogen-bond donors (Lipinski definition) is 2. The van der Waals surface area contributed by atoms with Crippen LogP contribution in [0, 0.1) is 19.7 Å². The molecule has 0 aromatic heterocycles. The molecule has 0 spiro atoms. The van der Waals surface area contributed by atoms with Crippen molar-refractivity contribution in [1.82, 2.24) is 4.90 Å². The van der Waals surface area contributed by atoms with Crippen molar-refractivity contribution >= 4 is 29.7 Å². The van der Waals surface area contributed by atoms with Crippen LogP contribution in [0.5, 0.6) is 0 Å². The highest BCUT2D eigenvalue weighted by molar-refractivity contribution is 6.11. The fourth-order valence-corrected chi connectivity index (χ4v) is 3.35. The summed E-state index contributed by atoms with van der Waals surface area (Å²) in [5.74, 6) is -2.74. The minimum Gasteiger partial charge on any atom is -0.480 e. The van der Waals surface area contributed by atoms with E-state index < -0.39 is 24.5 Å². The van der Waals surface area contributed by atoms with Gasteiger partial charge in [0, 0.05) is 17.3 Å². The number of benzene rings is 2. The van der Waals surface area contributed by atoms with E-state index in [2.05, 4.69) is 5.32 Å². The molecular weight excluding hydrogens is 403 g/mol. The first kappa shape index (κ1) is 22.0. The van der Waals surface area contributed by atoms with Crippen molar-refractivity contribution in [3.8, 4) is 11.1 Å². The molecule has 1 saturated heterocycles. The van der Waals surface area contributed by atoms with E-state index in [1.54, 1.807) is 25.1 Å². The first-order chi connectivity index (χ1) is 14.6. The van der Waals surface area contributed by atoms with Gasteiger partial charge in [-0.3, -0.25) is 9.59 Å². The zero-order valence-corrected chi connectivity index (χ0v) is 17.7. The summed E-state index contributed by atoms with van der Waals surface area (Å²) in [6.07, 6.45) is 0.363. The Bertz CT molecular complexity index is 1110. The van der Waals surface area contributed by atoms with Crippen LogP contribution in [0.2, 0.25) is 0 Å². The molecule has 0 saturated carbocycles. The lowest BCUT2D eigenvalue weighted by atomic mass is 9.94. The number of rotatable bonds is 6. The summed E-state index contributed by atoms with van der Waals surface area (Å²) in [6, 6.07) is 8.72. The lowest BCUT2D eigenvalue weighted by molar-refractivity contribution is -0.140. The number of nitrogens with one attached hydrogen (secondary N) is 1. The molecule has 0 atom stereocenters. The van der Waals surface area contributed by atoms with Gasteiger partial charge in [-0.1, -0.05) is 12.1 Å². The third-order valence-electron chi connectivity index (χ3n) is 4.78. The van der Waals surface area contributed by atoms with Crippen LogP contribution in [0.15, 0.2) is 36.1 Å². The number of amides is 2. The maximum atomic E-state index is 14.8. The Labute approximate surface area is 179 Å². The summed E-state index contributed by atoms with van der Waals surface area (Å²) in [5, 5.41) is 12.0. The Morgan fingerprint density at radius 3 is 2.48 bits per heavy atom. The van der Waals surface area contributed by atoms with Crippen molar-refractivity contribution in [1.29, 1.82) is 0 Å². The zero-order chi connectivity index (χ0) is 22.9. The monoisotopic (exact) mass is 426 g/mol. The highest BCUT2D eigenvalue weighted by Crippen LogP contribution is 2.32. The van der Waals surface area contributed by atoms with E-state index in [1.165, 1.54) is 12.1 Å². The molecule has 1 heterocycles. The number of cyclic esters (lactones) is 1. The van der Waals surface area contributed by atoms with Crippen LogP contribution in [0.3, 0.4) is 0 Å². The van der Waals surface area contributed by atoms with Gasteiger partial charge in [0.15, 0.2) is 5.76 Å². The second-order valence-electron chi connectivity index (χ2n) is 7.68. The van der Waals surface area contributed by atoms with E-state index in [0.717, 1.165) is 11.1 Å². The van der Waals surface area contributed by atoms with Crippen LogP contribution < -0.4 is 5.32 Å². The number of aliphatic carboxylic acids is 1. The average Bonchev–Trinajstić information content (AvgIpc) is 2.91. The number of halogens is 1. The van der Waals surface area contributed by atoms with Crippen molar-refractivity contribution < 1.29 is 28.6 Å². The summed E-state index contributed by atoms with van der Waals surface area (Å²) in [4.78, 5) is 35.4. The molecule has 162 valence electrons. The number of imide groups is 1. The van der Waals surface area contributed by atoms with Gasteiger partial charge in [-0.15, -0.1) is 0 Å². The molecule has 2 aromatic carbocycles. The predicted molar refractivity (Wildman–Crippen MR) is 114 cm³/mol. The van der Waals surface area contributed by atoms with E-state index in [1.807, 2.05) is 26.8 Å². The molecule has 1 aliphatic heterocycles. The fraction of sp³-hybridized carbons (Fsp3) is 0.261. The van der Waals surface area contributed by atoms with Crippen LogP contribution in [-0.4, -0.2) is 40.6 Å². The highest BCUT2D eigenvalue weighted by atomic mass is 19.1. The Balaban J connectivity index is 1.93. The maximum absolute atomic E-state index is 14.8. The van der Waals surface area contributed by atoms with E-state index in [9.17, 15) is 18.8 Å². The van der Waals surface area contributed by atoms with Crippen LogP contribution in [0.4, 0.5) is 14.9 Å². The first-order valence-corrected chi connectivity index (χ1v) is 9.71. The Kier molecular flexibility index (Phi) is 6.10. The van der Waals surface area contributed by atoms with Crippen molar-refractivity contribution in [2.45, 2.75) is 33.7 Å². The summed E-state index contributed by atoms with van der Waals surface area (Å²) in [6.45, 7) is 6.78. The number of carbonyl (C=O) groups excluding carboxylic acids is 2. The van der Waals surface area contributed by atoms with Gasteiger partial charge in [-0.2, -0.15) is 0 Å². The fourth-order valence-electron chi connectivity index (χ4n) is 3.35. The van der Waals surface area contributed by atoms with Gasteiger partial charge in [-0.25, -0.2) is 14.1 Å². The number of ether oxygens (including phenoxy) is 1. The van der Waals surface area contributed by atoms with E-state index in [0.29, 0.717) is 27.3 Å².